The van der Waals surface area contributed by atoms with Gasteiger partial charge in [0.2, 0.25) is 11.1 Å². The number of benzene rings is 1. The van der Waals surface area contributed by atoms with Gasteiger partial charge in [-0.1, -0.05) is 11.8 Å². The molecule has 2 aromatic rings. The number of methoxy groups -OCH3 is 1. The Morgan fingerprint density at radius 2 is 2.20 bits per heavy atom. The summed E-state index contributed by atoms with van der Waals surface area (Å²) in [4.78, 5) is 16.5. The van der Waals surface area contributed by atoms with Crippen LogP contribution in [0.3, 0.4) is 0 Å². The maximum atomic E-state index is 12.1. The minimum Gasteiger partial charge on any atom is -0.497 e. The highest BCUT2D eigenvalue weighted by Gasteiger charge is 2.42. The van der Waals surface area contributed by atoms with Crippen LogP contribution in [0.4, 0.5) is 0 Å². The van der Waals surface area contributed by atoms with Gasteiger partial charge >= 0.3 is 0 Å². The zero-order chi connectivity index (χ0) is 17.9. The summed E-state index contributed by atoms with van der Waals surface area (Å²) in [6, 6.07) is 9.67. The Balaban J connectivity index is 1.56. The van der Waals surface area contributed by atoms with Crippen molar-refractivity contribution in [1.82, 2.24) is 20.5 Å². The topological polar surface area (TPSA) is 104 Å². The second kappa shape index (κ2) is 7.15. The molecule has 1 aromatic heterocycles. The Hall–Kier alpha value is -2.53. The molecule has 130 valence electrons. The molecule has 1 amide bonds. The van der Waals surface area contributed by atoms with Crippen LogP contribution in [0.15, 0.2) is 29.4 Å². The fourth-order valence-electron chi connectivity index (χ4n) is 2.53. The molecule has 0 spiro atoms. The summed E-state index contributed by atoms with van der Waals surface area (Å²) in [7, 11) is 1.61. The Morgan fingerprint density at radius 1 is 1.48 bits per heavy atom. The number of hydrogen-bond donors (Lipinski definition) is 2. The molecular weight excluding hydrogens is 338 g/mol. The summed E-state index contributed by atoms with van der Waals surface area (Å²) in [5, 5.41) is 19.6. The molecule has 2 N–H and O–H groups in total. The average Bonchev–Trinajstić information content (AvgIpc) is 3.39. The first-order valence-corrected chi connectivity index (χ1v) is 8.94. The van der Waals surface area contributed by atoms with E-state index in [-0.39, 0.29) is 17.6 Å². The van der Waals surface area contributed by atoms with Crippen molar-refractivity contribution in [2.75, 3.05) is 12.9 Å². The predicted octanol–water partition coefficient (Wildman–Crippen LogP) is 2.38. The number of hydrogen-bond acceptors (Lipinski definition) is 6. The van der Waals surface area contributed by atoms with E-state index in [1.165, 1.54) is 11.8 Å². The lowest BCUT2D eigenvalue weighted by molar-refractivity contribution is -0.119. The number of ether oxygens (including phenoxy) is 1. The monoisotopic (exact) mass is 357 g/mol. The number of aromatic nitrogens is 3. The smallest absolute Gasteiger partial charge is 0.231 e. The molecular formula is C17H19N5O2S. The van der Waals surface area contributed by atoms with Crippen LogP contribution in [-0.2, 0) is 4.79 Å². The van der Waals surface area contributed by atoms with Gasteiger partial charge in [-0.3, -0.25) is 9.89 Å². The number of H-pyrrole nitrogens is 1. The summed E-state index contributed by atoms with van der Waals surface area (Å²) < 4.78 is 5.13. The molecule has 7 nitrogen and oxygen atoms in total. The fourth-order valence-corrected chi connectivity index (χ4v) is 3.13. The Kier molecular flexibility index (Phi) is 4.95. The molecule has 1 aliphatic carbocycles. The van der Waals surface area contributed by atoms with Gasteiger partial charge in [0.25, 0.3) is 0 Å². The van der Waals surface area contributed by atoms with E-state index in [1.807, 2.05) is 24.3 Å². The van der Waals surface area contributed by atoms with Crippen molar-refractivity contribution in [3.05, 3.63) is 24.3 Å². The van der Waals surface area contributed by atoms with Crippen molar-refractivity contribution in [2.45, 2.75) is 30.5 Å². The number of amides is 1. The van der Waals surface area contributed by atoms with Crippen LogP contribution in [0.5, 0.6) is 5.75 Å². The molecule has 1 aliphatic rings. The maximum Gasteiger partial charge on any atom is 0.231 e. The normalized spacial score (nSPS) is 15.9. The van der Waals surface area contributed by atoms with Gasteiger partial charge in [-0.25, -0.2) is 4.98 Å². The van der Waals surface area contributed by atoms with E-state index in [0.717, 1.165) is 24.2 Å². The van der Waals surface area contributed by atoms with E-state index < -0.39 is 5.54 Å². The van der Waals surface area contributed by atoms with Crippen LogP contribution in [0.25, 0.3) is 11.4 Å². The third-order valence-electron chi connectivity index (χ3n) is 4.19. The number of nitrogens with one attached hydrogen (secondary N) is 2. The lowest BCUT2D eigenvalue weighted by Crippen LogP contribution is -2.47. The first-order chi connectivity index (χ1) is 12.0. The third kappa shape index (κ3) is 4.12. The van der Waals surface area contributed by atoms with Crippen LogP contribution in [0, 0.1) is 17.2 Å². The van der Waals surface area contributed by atoms with Gasteiger partial charge in [-0.05, 0) is 49.9 Å². The van der Waals surface area contributed by atoms with Crippen LogP contribution in [0.2, 0.25) is 0 Å². The van der Waals surface area contributed by atoms with Crippen LogP contribution < -0.4 is 10.1 Å². The number of carbonyl (C=O) groups excluding carboxylic acids is 1. The third-order valence-corrected chi connectivity index (χ3v) is 5.03. The Morgan fingerprint density at radius 3 is 2.80 bits per heavy atom. The zero-order valence-corrected chi connectivity index (χ0v) is 14.9. The molecule has 25 heavy (non-hydrogen) atoms. The molecule has 0 radical (unpaired) electrons. The summed E-state index contributed by atoms with van der Waals surface area (Å²) in [5.41, 5.74) is 0.112. The van der Waals surface area contributed by atoms with E-state index >= 15 is 0 Å². The first-order valence-electron chi connectivity index (χ1n) is 7.96. The zero-order valence-electron chi connectivity index (χ0n) is 14.1. The summed E-state index contributed by atoms with van der Waals surface area (Å²) in [6.45, 7) is 1.78. The predicted molar refractivity (Wildman–Crippen MR) is 94.0 cm³/mol. The van der Waals surface area contributed by atoms with Crippen LogP contribution in [0.1, 0.15) is 19.8 Å². The second-order valence-electron chi connectivity index (χ2n) is 6.12. The molecule has 1 fully saturated rings. The lowest BCUT2D eigenvalue weighted by atomic mass is 9.98. The molecule has 8 heteroatoms. The Bertz CT molecular complexity index is 794. The molecule has 0 unspecified atom stereocenters. The van der Waals surface area contributed by atoms with Crippen molar-refractivity contribution < 1.29 is 9.53 Å². The SMILES string of the molecule is COc1ccc(-c2nc(SCC(=O)N[C@](C)(C#N)C3CC3)n[nH]2)cc1. The number of thioether (sulfide) groups is 1. The summed E-state index contributed by atoms with van der Waals surface area (Å²) in [6.07, 6.45) is 1.98. The van der Waals surface area contributed by atoms with E-state index in [0.29, 0.717) is 11.0 Å². The van der Waals surface area contributed by atoms with Crippen molar-refractivity contribution in [1.29, 1.82) is 5.26 Å². The quantitative estimate of drug-likeness (QED) is 0.737. The van der Waals surface area contributed by atoms with E-state index in [9.17, 15) is 10.1 Å². The summed E-state index contributed by atoms with van der Waals surface area (Å²) >= 11 is 1.24. The van der Waals surface area contributed by atoms with Gasteiger partial charge in [0.05, 0.1) is 18.9 Å². The van der Waals surface area contributed by atoms with Gasteiger partial charge in [0.15, 0.2) is 5.82 Å². The van der Waals surface area contributed by atoms with Gasteiger partial charge in [-0.15, -0.1) is 5.10 Å². The second-order valence-corrected chi connectivity index (χ2v) is 7.06. The standard InChI is InChI=1S/C17H19N5O2S/c1-17(10-18,12-5-6-12)20-14(23)9-25-16-19-15(21-22-16)11-3-7-13(24-2)8-4-11/h3-4,7-8,12H,5-6,9H2,1-2H3,(H,20,23)(H,19,21,22)/t17-/m1/s1. The number of rotatable bonds is 7. The average molecular weight is 357 g/mol. The molecule has 0 saturated heterocycles. The largest absolute Gasteiger partial charge is 0.497 e. The highest BCUT2D eigenvalue weighted by molar-refractivity contribution is 7.99. The maximum absolute atomic E-state index is 12.1. The molecule has 1 aromatic carbocycles. The van der Waals surface area contributed by atoms with E-state index in [1.54, 1.807) is 14.0 Å². The van der Waals surface area contributed by atoms with Gasteiger partial charge < -0.3 is 10.1 Å². The molecule has 1 saturated carbocycles. The van der Waals surface area contributed by atoms with Gasteiger partial charge in [0, 0.05) is 5.56 Å². The minimum atomic E-state index is -0.773. The van der Waals surface area contributed by atoms with E-state index in [4.69, 9.17) is 4.74 Å². The van der Waals surface area contributed by atoms with Crippen LogP contribution in [-0.4, -0.2) is 39.5 Å². The number of nitrogens with zero attached hydrogens (tertiary/aromatic N) is 3. The summed E-state index contributed by atoms with van der Waals surface area (Å²) in [5.74, 6) is 1.65. The van der Waals surface area contributed by atoms with Crippen molar-refractivity contribution in [3.63, 3.8) is 0 Å². The van der Waals surface area contributed by atoms with Crippen LogP contribution >= 0.6 is 11.8 Å². The minimum absolute atomic E-state index is 0.171. The molecule has 0 bridgehead atoms. The highest BCUT2D eigenvalue weighted by Crippen LogP contribution is 2.39. The highest BCUT2D eigenvalue weighted by atomic mass is 32.2. The Labute approximate surface area is 150 Å². The van der Waals surface area contributed by atoms with Crippen molar-refractivity contribution in [2.24, 2.45) is 5.92 Å². The number of carbonyl (C=O) groups is 1. The molecule has 3 rings (SSSR count). The van der Waals surface area contributed by atoms with E-state index in [2.05, 4.69) is 26.6 Å². The van der Waals surface area contributed by atoms with Crippen molar-refractivity contribution >= 4 is 17.7 Å². The fraction of sp³-hybridized carbons (Fsp3) is 0.412. The number of aromatic amines is 1. The molecule has 1 heterocycles. The van der Waals surface area contributed by atoms with Crippen molar-refractivity contribution in [3.8, 4) is 23.2 Å². The number of nitriles is 1. The first kappa shape index (κ1) is 17.3. The van der Waals surface area contributed by atoms with Gasteiger partial charge in [-0.2, -0.15) is 5.26 Å². The lowest BCUT2D eigenvalue weighted by Gasteiger charge is -2.22. The van der Waals surface area contributed by atoms with Gasteiger partial charge in [0.1, 0.15) is 11.3 Å². The molecule has 1 atom stereocenters. The molecule has 0 aliphatic heterocycles.